The van der Waals surface area contributed by atoms with Gasteiger partial charge in [-0.2, -0.15) is 0 Å². The molecule has 1 aromatic heterocycles. The molecule has 0 saturated heterocycles. The van der Waals surface area contributed by atoms with Crippen LogP contribution in [-0.4, -0.2) is 20.7 Å². The van der Waals surface area contributed by atoms with Crippen molar-refractivity contribution in [2.24, 2.45) is 0 Å². The van der Waals surface area contributed by atoms with Crippen molar-refractivity contribution >= 4 is 16.9 Å². The number of carbonyl (C=O) groups is 1. The van der Waals surface area contributed by atoms with Crippen LogP contribution in [0.1, 0.15) is 23.7 Å². The normalized spacial score (nSPS) is 15.4. The molecule has 3 rings (SSSR count). The Labute approximate surface area is 108 Å². The van der Waals surface area contributed by atoms with Crippen molar-refractivity contribution in [3.05, 3.63) is 45.7 Å². The number of aliphatic hydroxyl groups excluding tert-OH is 1. The molecule has 0 amide bonds. The lowest BCUT2D eigenvalue weighted by molar-refractivity contribution is -0.147. The maximum Gasteiger partial charge on any atom is 0.337 e. The van der Waals surface area contributed by atoms with E-state index in [4.69, 9.17) is 5.11 Å². The van der Waals surface area contributed by atoms with Crippen LogP contribution in [0.4, 0.5) is 0 Å². The fourth-order valence-electron chi connectivity index (χ4n) is 2.72. The Hall–Kier alpha value is -2.14. The Morgan fingerprint density at radius 2 is 2.16 bits per heavy atom. The first-order valence-corrected chi connectivity index (χ1v) is 6.16. The fraction of sp³-hybridized carbons (Fsp3) is 0.286. The van der Waals surface area contributed by atoms with E-state index < -0.39 is 17.6 Å². The van der Waals surface area contributed by atoms with Crippen LogP contribution in [0, 0.1) is 0 Å². The molecule has 0 bridgehead atoms. The first-order valence-electron chi connectivity index (χ1n) is 6.16. The molecule has 0 aliphatic carbocycles. The van der Waals surface area contributed by atoms with Crippen molar-refractivity contribution in [2.75, 3.05) is 0 Å². The van der Waals surface area contributed by atoms with Gasteiger partial charge in [0.1, 0.15) is 0 Å². The van der Waals surface area contributed by atoms with E-state index in [-0.39, 0.29) is 5.56 Å². The van der Waals surface area contributed by atoms with Crippen LogP contribution in [0.25, 0.3) is 10.9 Å². The maximum absolute atomic E-state index is 12.3. The van der Waals surface area contributed by atoms with E-state index in [1.54, 1.807) is 4.57 Å². The topological polar surface area (TPSA) is 79.5 Å². The van der Waals surface area contributed by atoms with Crippen molar-refractivity contribution in [1.29, 1.82) is 0 Å². The molecule has 0 unspecified atom stereocenters. The van der Waals surface area contributed by atoms with E-state index >= 15 is 0 Å². The second-order valence-corrected chi connectivity index (χ2v) is 4.76. The van der Waals surface area contributed by atoms with Gasteiger partial charge in [-0.25, -0.2) is 4.79 Å². The van der Waals surface area contributed by atoms with E-state index in [1.165, 1.54) is 6.07 Å². The maximum atomic E-state index is 12.3. The minimum atomic E-state index is -1.77. The van der Waals surface area contributed by atoms with E-state index in [9.17, 15) is 14.7 Å². The number of aromatic nitrogens is 1. The number of para-hydroxylation sites is 1. The van der Waals surface area contributed by atoms with Gasteiger partial charge in [0.05, 0.1) is 11.1 Å². The van der Waals surface area contributed by atoms with E-state index in [0.29, 0.717) is 6.54 Å². The summed E-state index contributed by atoms with van der Waals surface area (Å²) >= 11 is 0. The summed E-state index contributed by atoms with van der Waals surface area (Å²) in [6.07, 6.45) is -0.0118. The minimum absolute atomic E-state index is 0.0703. The number of nitrogens with zero attached hydrogens (tertiary/aromatic N) is 1. The summed E-state index contributed by atoms with van der Waals surface area (Å²) < 4.78 is 1.58. The quantitative estimate of drug-likeness (QED) is 0.845. The van der Waals surface area contributed by atoms with Gasteiger partial charge >= 0.3 is 5.97 Å². The zero-order valence-electron chi connectivity index (χ0n) is 10.2. The molecule has 5 heteroatoms. The Morgan fingerprint density at radius 1 is 1.37 bits per heavy atom. The number of benzene rings is 1. The SMILES string of the molecule is O=C(O)[C@@H](O)c1cc2cccc3c2n(c1=O)CCC3. The molecule has 0 saturated carbocycles. The monoisotopic (exact) mass is 259 g/mol. The number of hydrogen-bond donors (Lipinski definition) is 2. The smallest absolute Gasteiger partial charge is 0.337 e. The number of rotatable bonds is 2. The van der Waals surface area contributed by atoms with E-state index in [0.717, 1.165) is 29.3 Å². The highest BCUT2D eigenvalue weighted by molar-refractivity contribution is 5.85. The summed E-state index contributed by atoms with van der Waals surface area (Å²) in [5.41, 5.74) is 1.48. The lowest BCUT2D eigenvalue weighted by Crippen LogP contribution is -2.30. The van der Waals surface area contributed by atoms with Gasteiger partial charge < -0.3 is 14.8 Å². The molecule has 2 N–H and O–H groups in total. The van der Waals surface area contributed by atoms with Crippen LogP contribution in [0.2, 0.25) is 0 Å². The molecular weight excluding hydrogens is 246 g/mol. The number of carboxylic acid groups (broad SMARTS) is 1. The lowest BCUT2D eigenvalue weighted by atomic mass is 9.99. The van der Waals surface area contributed by atoms with Crippen molar-refractivity contribution in [3.63, 3.8) is 0 Å². The highest BCUT2D eigenvalue weighted by Crippen LogP contribution is 2.25. The number of pyridine rings is 1. The van der Waals surface area contributed by atoms with Crippen LogP contribution < -0.4 is 5.56 Å². The predicted octanol–water partition coefficient (Wildman–Crippen LogP) is 1.07. The molecular formula is C14H13NO4. The van der Waals surface area contributed by atoms with Gasteiger partial charge in [0.25, 0.3) is 5.56 Å². The van der Waals surface area contributed by atoms with Crippen LogP contribution in [0.3, 0.4) is 0 Å². The summed E-state index contributed by atoms with van der Waals surface area (Å²) in [6, 6.07) is 7.18. The van der Waals surface area contributed by atoms with Crippen molar-refractivity contribution in [2.45, 2.75) is 25.5 Å². The van der Waals surface area contributed by atoms with Crippen LogP contribution in [0.5, 0.6) is 0 Å². The van der Waals surface area contributed by atoms with Crippen LogP contribution in [0.15, 0.2) is 29.1 Å². The summed E-state index contributed by atoms with van der Waals surface area (Å²) in [5.74, 6) is -1.41. The third-order valence-corrected chi connectivity index (χ3v) is 3.58. The Balaban J connectivity index is 2.37. The molecule has 1 atom stereocenters. The molecule has 5 nitrogen and oxygen atoms in total. The average Bonchev–Trinajstić information content (AvgIpc) is 2.42. The van der Waals surface area contributed by atoms with Crippen molar-refractivity contribution < 1.29 is 15.0 Å². The molecule has 0 spiro atoms. The standard InChI is InChI=1S/C14H13NO4/c16-12(14(18)19)10-7-9-4-1-3-8-5-2-6-15(11(8)9)13(10)17/h1,3-4,7,12,16H,2,5-6H2,(H,18,19)/t12-/m0/s1. The summed E-state index contributed by atoms with van der Waals surface area (Å²) in [4.78, 5) is 23.2. The van der Waals surface area contributed by atoms with Gasteiger partial charge in [0, 0.05) is 6.54 Å². The van der Waals surface area contributed by atoms with Gasteiger partial charge in [-0.15, -0.1) is 0 Å². The molecule has 1 aliphatic rings. The van der Waals surface area contributed by atoms with Gasteiger partial charge in [-0.1, -0.05) is 18.2 Å². The number of aliphatic carboxylic acids is 1. The molecule has 19 heavy (non-hydrogen) atoms. The Kier molecular flexibility index (Phi) is 2.64. The largest absolute Gasteiger partial charge is 0.479 e. The van der Waals surface area contributed by atoms with Crippen molar-refractivity contribution in [1.82, 2.24) is 4.57 Å². The second kappa shape index (κ2) is 4.20. The predicted molar refractivity (Wildman–Crippen MR) is 69.1 cm³/mol. The molecule has 1 aliphatic heterocycles. The Bertz CT molecular complexity index is 732. The van der Waals surface area contributed by atoms with Crippen LogP contribution in [-0.2, 0) is 17.8 Å². The zero-order chi connectivity index (χ0) is 13.6. The number of carboxylic acids is 1. The second-order valence-electron chi connectivity index (χ2n) is 4.76. The van der Waals surface area contributed by atoms with Crippen LogP contribution >= 0.6 is 0 Å². The number of aliphatic hydroxyl groups is 1. The lowest BCUT2D eigenvalue weighted by Gasteiger charge is -2.20. The average molecular weight is 259 g/mol. The zero-order valence-corrected chi connectivity index (χ0v) is 10.2. The number of aryl methyl sites for hydroxylation is 2. The van der Waals surface area contributed by atoms with Gasteiger partial charge in [0.15, 0.2) is 6.10 Å². The van der Waals surface area contributed by atoms with Crippen molar-refractivity contribution in [3.8, 4) is 0 Å². The molecule has 98 valence electrons. The third kappa shape index (κ3) is 1.74. The first-order chi connectivity index (χ1) is 9.09. The molecule has 0 radical (unpaired) electrons. The van der Waals surface area contributed by atoms with E-state index in [1.807, 2.05) is 18.2 Å². The summed E-state index contributed by atoms with van der Waals surface area (Å²) in [7, 11) is 0. The molecule has 0 fully saturated rings. The summed E-state index contributed by atoms with van der Waals surface area (Å²) in [6.45, 7) is 0.562. The Morgan fingerprint density at radius 3 is 2.89 bits per heavy atom. The minimum Gasteiger partial charge on any atom is -0.479 e. The molecule has 1 aromatic carbocycles. The van der Waals surface area contributed by atoms with Gasteiger partial charge in [-0.3, -0.25) is 4.79 Å². The highest BCUT2D eigenvalue weighted by atomic mass is 16.4. The molecule has 2 aromatic rings. The fourth-order valence-corrected chi connectivity index (χ4v) is 2.72. The number of hydrogen-bond acceptors (Lipinski definition) is 3. The third-order valence-electron chi connectivity index (χ3n) is 3.58. The molecule has 2 heterocycles. The van der Waals surface area contributed by atoms with E-state index in [2.05, 4.69) is 0 Å². The van der Waals surface area contributed by atoms with Gasteiger partial charge in [0.2, 0.25) is 0 Å². The van der Waals surface area contributed by atoms with Gasteiger partial charge in [-0.05, 0) is 29.9 Å². The summed E-state index contributed by atoms with van der Waals surface area (Å²) in [5, 5.41) is 19.3. The first kappa shape index (κ1) is 11.9. The highest BCUT2D eigenvalue weighted by Gasteiger charge is 2.23.